The van der Waals surface area contributed by atoms with Crippen molar-refractivity contribution in [2.45, 2.75) is 56.1 Å². The smallest absolute Gasteiger partial charge is 0.311 e. The van der Waals surface area contributed by atoms with E-state index in [0.29, 0.717) is 18.4 Å². The first kappa shape index (κ1) is 14.9. The molecule has 0 aliphatic heterocycles. The zero-order chi connectivity index (χ0) is 14.9. The largest absolute Gasteiger partial charge is 0.490 e. The average molecular weight is 353 g/mol. The molecule has 0 radical (unpaired) electrons. The van der Waals surface area contributed by atoms with E-state index >= 15 is 0 Å². The van der Waals surface area contributed by atoms with E-state index in [9.17, 15) is 4.79 Å². The first-order valence-corrected chi connectivity index (χ1v) is 8.51. The zero-order valence-electron chi connectivity index (χ0n) is 12.3. The Bertz CT molecular complexity index is 509. The van der Waals surface area contributed by atoms with Crippen LogP contribution in [-0.2, 0) is 16.0 Å². The van der Waals surface area contributed by atoms with Crippen LogP contribution in [0.3, 0.4) is 0 Å². The summed E-state index contributed by atoms with van der Waals surface area (Å²) in [5, 5.41) is 0. The molecule has 2 fully saturated rings. The highest BCUT2D eigenvalue weighted by molar-refractivity contribution is 9.10. The molecule has 2 atom stereocenters. The van der Waals surface area contributed by atoms with Gasteiger partial charge in [-0.25, -0.2) is 0 Å². The van der Waals surface area contributed by atoms with Gasteiger partial charge in [0.2, 0.25) is 0 Å². The van der Waals surface area contributed by atoms with Gasteiger partial charge in [0.1, 0.15) is 5.75 Å². The van der Waals surface area contributed by atoms with E-state index in [1.165, 1.54) is 6.42 Å². The maximum atomic E-state index is 12.0. The van der Waals surface area contributed by atoms with Crippen LogP contribution in [0.15, 0.2) is 24.3 Å². The third kappa shape index (κ3) is 3.42. The fourth-order valence-electron chi connectivity index (χ4n) is 2.57. The molecule has 0 aromatic heterocycles. The molecule has 0 saturated heterocycles. The number of ether oxygens (including phenoxy) is 2. The Kier molecular flexibility index (Phi) is 4.25. The molecular formula is C17H21BrO3. The maximum Gasteiger partial charge on any atom is 0.311 e. The van der Waals surface area contributed by atoms with E-state index in [1.807, 2.05) is 24.3 Å². The van der Waals surface area contributed by atoms with Gasteiger partial charge in [0, 0.05) is 5.92 Å². The van der Waals surface area contributed by atoms with E-state index < -0.39 is 4.51 Å². The van der Waals surface area contributed by atoms with Gasteiger partial charge in [0.05, 0.1) is 12.5 Å². The Hall–Kier alpha value is -1.03. The quantitative estimate of drug-likeness (QED) is 0.587. The molecule has 0 N–H and O–H groups in total. The summed E-state index contributed by atoms with van der Waals surface area (Å²) in [4.78, 5) is 12.0. The van der Waals surface area contributed by atoms with Gasteiger partial charge in [-0.05, 0) is 65.7 Å². The van der Waals surface area contributed by atoms with Crippen molar-refractivity contribution in [3.05, 3.63) is 29.8 Å². The summed E-state index contributed by atoms with van der Waals surface area (Å²) >= 11 is 3.54. The van der Waals surface area contributed by atoms with Crippen LogP contribution in [0.25, 0.3) is 0 Å². The van der Waals surface area contributed by atoms with Crippen molar-refractivity contribution in [2.24, 2.45) is 5.92 Å². The second kappa shape index (κ2) is 5.99. The Morgan fingerprint density at radius 2 is 2.00 bits per heavy atom. The topological polar surface area (TPSA) is 35.5 Å². The summed E-state index contributed by atoms with van der Waals surface area (Å²) in [6, 6.07) is 7.77. The van der Waals surface area contributed by atoms with Gasteiger partial charge in [0.25, 0.3) is 0 Å². The van der Waals surface area contributed by atoms with Crippen molar-refractivity contribution in [1.82, 2.24) is 0 Å². The number of hydrogen-bond acceptors (Lipinski definition) is 3. The number of esters is 1. The third-order valence-corrected chi connectivity index (χ3v) is 5.90. The highest BCUT2D eigenvalue weighted by Gasteiger charge is 2.45. The summed E-state index contributed by atoms with van der Waals surface area (Å²) in [5.41, 5.74) is 0.962. The Morgan fingerprint density at radius 3 is 2.48 bits per heavy atom. The van der Waals surface area contributed by atoms with Crippen molar-refractivity contribution in [3.8, 4) is 5.75 Å². The van der Waals surface area contributed by atoms with Crippen molar-refractivity contribution in [1.29, 1.82) is 0 Å². The first-order valence-electron chi connectivity index (χ1n) is 7.71. The van der Waals surface area contributed by atoms with Crippen LogP contribution in [0, 0.1) is 5.92 Å². The van der Waals surface area contributed by atoms with E-state index in [2.05, 4.69) is 22.9 Å². The number of carbonyl (C=O) groups is 1. The number of halogens is 1. The summed E-state index contributed by atoms with van der Waals surface area (Å²) in [5.74, 6) is 1.10. The molecule has 2 aliphatic rings. The second-order valence-electron chi connectivity index (χ2n) is 6.19. The van der Waals surface area contributed by atoms with Crippen molar-refractivity contribution in [3.63, 3.8) is 0 Å². The summed E-state index contributed by atoms with van der Waals surface area (Å²) in [6.07, 6.45) is 6.26. The molecule has 2 saturated carbocycles. The van der Waals surface area contributed by atoms with Gasteiger partial charge in [0.15, 0.2) is 4.51 Å². The Labute approximate surface area is 134 Å². The number of carbonyl (C=O) groups excluding carboxylic acids is 1. The van der Waals surface area contributed by atoms with Crippen molar-refractivity contribution >= 4 is 21.9 Å². The molecule has 2 aliphatic carbocycles. The molecule has 0 amide bonds. The van der Waals surface area contributed by atoms with Crippen LogP contribution in [0.2, 0.25) is 0 Å². The van der Waals surface area contributed by atoms with E-state index in [0.717, 1.165) is 37.0 Å². The number of alkyl halides is 1. The van der Waals surface area contributed by atoms with Crippen LogP contribution < -0.4 is 4.74 Å². The monoisotopic (exact) mass is 352 g/mol. The molecule has 1 aromatic carbocycles. The van der Waals surface area contributed by atoms with Crippen LogP contribution in [-0.4, -0.2) is 16.6 Å². The first-order chi connectivity index (χ1) is 10.0. The Balaban J connectivity index is 1.51. The standard InChI is InChI=1S/C17H21BrO3/c1-12-9-10-17(12,18)21-16(19)11-13-5-7-15(8-6-13)20-14-3-2-4-14/h5-8,12,14H,2-4,9-11H2,1H3. The van der Waals surface area contributed by atoms with Crippen LogP contribution >= 0.6 is 15.9 Å². The fourth-order valence-corrected chi connectivity index (χ4v) is 3.21. The predicted molar refractivity (Wildman–Crippen MR) is 84.6 cm³/mol. The van der Waals surface area contributed by atoms with Gasteiger partial charge in [-0.3, -0.25) is 4.79 Å². The Morgan fingerprint density at radius 1 is 1.29 bits per heavy atom. The summed E-state index contributed by atoms with van der Waals surface area (Å²) < 4.78 is 10.9. The van der Waals surface area contributed by atoms with Gasteiger partial charge < -0.3 is 9.47 Å². The molecule has 4 heteroatoms. The maximum absolute atomic E-state index is 12.0. The predicted octanol–water partition coefficient (Wildman–Crippen LogP) is 4.22. The van der Waals surface area contributed by atoms with Gasteiger partial charge in [-0.15, -0.1) is 0 Å². The lowest BCUT2D eigenvalue weighted by atomic mass is 9.83. The average Bonchev–Trinajstić information content (AvgIpc) is 2.42. The molecule has 3 rings (SSSR count). The van der Waals surface area contributed by atoms with Gasteiger partial charge in [-0.1, -0.05) is 19.1 Å². The summed E-state index contributed by atoms with van der Waals surface area (Å²) in [6.45, 7) is 2.10. The SMILES string of the molecule is CC1CCC1(Br)OC(=O)Cc1ccc(OC2CCC2)cc1. The fraction of sp³-hybridized carbons (Fsp3) is 0.588. The van der Waals surface area contributed by atoms with E-state index in [1.54, 1.807) is 0 Å². The molecular weight excluding hydrogens is 332 g/mol. The van der Waals surface area contributed by atoms with E-state index in [-0.39, 0.29) is 5.97 Å². The minimum absolute atomic E-state index is 0.175. The molecule has 0 bridgehead atoms. The molecule has 1 aromatic rings. The number of rotatable bonds is 5. The van der Waals surface area contributed by atoms with Crippen molar-refractivity contribution < 1.29 is 14.3 Å². The molecule has 21 heavy (non-hydrogen) atoms. The van der Waals surface area contributed by atoms with Crippen molar-refractivity contribution in [2.75, 3.05) is 0 Å². The number of benzene rings is 1. The van der Waals surface area contributed by atoms with Crippen LogP contribution in [0.1, 0.15) is 44.6 Å². The van der Waals surface area contributed by atoms with E-state index in [4.69, 9.17) is 9.47 Å². The molecule has 3 nitrogen and oxygen atoms in total. The lowest BCUT2D eigenvalue weighted by molar-refractivity contribution is -0.160. The zero-order valence-corrected chi connectivity index (χ0v) is 13.9. The minimum Gasteiger partial charge on any atom is -0.490 e. The third-order valence-electron chi connectivity index (χ3n) is 4.56. The highest BCUT2D eigenvalue weighted by Crippen LogP contribution is 2.46. The minimum atomic E-state index is -0.433. The number of hydrogen-bond donors (Lipinski definition) is 0. The summed E-state index contributed by atoms with van der Waals surface area (Å²) in [7, 11) is 0. The molecule has 0 heterocycles. The van der Waals surface area contributed by atoms with Gasteiger partial charge >= 0.3 is 5.97 Å². The molecule has 2 unspecified atom stereocenters. The lowest BCUT2D eigenvalue weighted by Crippen LogP contribution is -2.44. The second-order valence-corrected chi connectivity index (χ2v) is 7.53. The molecule has 0 spiro atoms. The van der Waals surface area contributed by atoms with Crippen LogP contribution in [0.4, 0.5) is 0 Å². The highest BCUT2D eigenvalue weighted by atomic mass is 79.9. The van der Waals surface area contributed by atoms with Gasteiger partial charge in [-0.2, -0.15) is 0 Å². The molecule has 114 valence electrons. The normalized spacial score (nSPS) is 28.4. The lowest BCUT2D eigenvalue weighted by Gasteiger charge is -2.42. The van der Waals surface area contributed by atoms with Crippen LogP contribution in [0.5, 0.6) is 5.75 Å².